The molecule has 1 amide bonds. The highest BCUT2D eigenvalue weighted by molar-refractivity contribution is 7.15. The van der Waals surface area contributed by atoms with Crippen LogP contribution in [0.4, 0.5) is 9.52 Å². The number of benzene rings is 1. The van der Waals surface area contributed by atoms with Crippen molar-refractivity contribution in [2.45, 2.75) is 25.9 Å². The Bertz CT molecular complexity index is 620. The molecule has 6 heteroatoms. The molecular formula is C14H15FN2O2S. The average Bonchev–Trinajstić information content (AvgIpc) is 2.78. The number of carbonyl (C=O) groups excluding carboxylic acids is 1. The standard InChI is InChI=1S/C14H15FN2O2S/c1-14(2,19)12(18)17-13-16-8-10(20-13)7-9-5-3-4-6-11(9)15/h3-6,8,19H,7H2,1-2H3,(H,16,17,18). The molecule has 0 saturated heterocycles. The van der Waals surface area contributed by atoms with Gasteiger partial charge in [-0.1, -0.05) is 18.2 Å². The van der Waals surface area contributed by atoms with Gasteiger partial charge in [0.25, 0.3) is 5.91 Å². The van der Waals surface area contributed by atoms with Gasteiger partial charge in [-0.25, -0.2) is 9.37 Å². The predicted molar refractivity (Wildman–Crippen MR) is 76.2 cm³/mol. The Hall–Kier alpha value is -1.79. The van der Waals surface area contributed by atoms with Crippen LogP contribution in [0.2, 0.25) is 0 Å². The molecule has 20 heavy (non-hydrogen) atoms. The molecule has 0 radical (unpaired) electrons. The van der Waals surface area contributed by atoms with E-state index >= 15 is 0 Å². The van der Waals surface area contributed by atoms with Gasteiger partial charge in [-0.05, 0) is 25.5 Å². The monoisotopic (exact) mass is 294 g/mol. The second kappa shape index (κ2) is 5.68. The fourth-order valence-corrected chi connectivity index (χ4v) is 2.36. The summed E-state index contributed by atoms with van der Waals surface area (Å²) in [7, 11) is 0. The number of carbonyl (C=O) groups is 1. The van der Waals surface area contributed by atoms with E-state index in [1.54, 1.807) is 24.4 Å². The maximum absolute atomic E-state index is 13.5. The number of aliphatic hydroxyl groups is 1. The van der Waals surface area contributed by atoms with Gasteiger partial charge in [0.05, 0.1) is 0 Å². The number of hydrogen-bond acceptors (Lipinski definition) is 4. The lowest BCUT2D eigenvalue weighted by molar-refractivity contribution is -0.130. The van der Waals surface area contributed by atoms with E-state index < -0.39 is 11.5 Å². The van der Waals surface area contributed by atoms with Crippen molar-refractivity contribution in [1.82, 2.24) is 4.98 Å². The molecule has 1 heterocycles. The molecule has 0 fully saturated rings. The predicted octanol–water partition coefficient (Wildman–Crippen LogP) is 2.58. The van der Waals surface area contributed by atoms with Crippen LogP contribution in [0.5, 0.6) is 0 Å². The highest BCUT2D eigenvalue weighted by Crippen LogP contribution is 2.23. The molecule has 0 atom stereocenters. The van der Waals surface area contributed by atoms with Crippen molar-refractivity contribution in [3.05, 3.63) is 46.7 Å². The Morgan fingerprint density at radius 3 is 2.80 bits per heavy atom. The van der Waals surface area contributed by atoms with Gasteiger partial charge in [-0.15, -0.1) is 11.3 Å². The molecule has 0 aliphatic rings. The zero-order valence-corrected chi connectivity index (χ0v) is 12.0. The van der Waals surface area contributed by atoms with Crippen molar-refractivity contribution >= 4 is 22.4 Å². The number of anilines is 1. The molecule has 1 aromatic heterocycles. The van der Waals surface area contributed by atoms with Gasteiger partial charge in [0, 0.05) is 17.5 Å². The molecule has 2 N–H and O–H groups in total. The topological polar surface area (TPSA) is 62.2 Å². The molecule has 0 unspecified atom stereocenters. The summed E-state index contributed by atoms with van der Waals surface area (Å²) in [4.78, 5) is 16.5. The van der Waals surface area contributed by atoms with Crippen molar-refractivity contribution in [2.24, 2.45) is 0 Å². The first-order valence-electron chi connectivity index (χ1n) is 6.08. The minimum absolute atomic E-state index is 0.261. The number of aromatic nitrogens is 1. The van der Waals surface area contributed by atoms with Crippen molar-refractivity contribution in [2.75, 3.05) is 5.32 Å². The van der Waals surface area contributed by atoms with E-state index in [2.05, 4.69) is 10.3 Å². The molecule has 0 bridgehead atoms. The molecule has 0 aliphatic carbocycles. The molecule has 0 spiro atoms. The quantitative estimate of drug-likeness (QED) is 0.911. The SMILES string of the molecule is CC(C)(O)C(=O)Nc1ncc(Cc2ccccc2F)s1. The molecule has 106 valence electrons. The summed E-state index contributed by atoms with van der Waals surface area (Å²) in [6.07, 6.45) is 2.01. The summed E-state index contributed by atoms with van der Waals surface area (Å²) < 4.78 is 13.5. The normalized spacial score (nSPS) is 11.4. The van der Waals surface area contributed by atoms with Gasteiger partial charge < -0.3 is 5.11 Å². The van der Waals surface area contributed by atoms with Crippen LogP contribution in [0.3, 0.4) is 0 Å². The molecule has 2 aromatic rings. The fourth-order valence-electron chi connectivity index (χ4n) is 1.53. The summed E-state index contributed by atoms with van der Waals surface area (Å²) in [5, 5.41) is 12.5. The highest BCUT2D eigenvalue weighted by Gasteiger charge is 2.24. The van der Waals surface area contributed by atoms with Crippen LogP contribution in [0.25, 0.3) is 0 Å². The van der Waals surface area contributed by atoms with Gasteiger partial charge in [0.2, 0.25) is 0 Å². The van der Waals surface area contributed by atoms with Gasteiger partial charge in [-0.2, -0.15) is 0 Å². The van der Waals surface area contributed by atoms with Crippen molar-refractivity contribution in [1.29, 1.82) is 0 Å². The van der Waals surface area contributed by atoms with Crippen LogP contribution < -0.4 is 5.32 Å². The molecule has 2 rings (SSSR count). The summed E-state index contributed by atoms with van der Waals surface area (Å²) in [5.41, 5.74) is -0.881. The van der Waals surface area contributed by atoms with E-state index in [1.807, 2.05) is 0 Å². The number of thiazole rings is 1. The van der Waals surface area contributed by atoms with E-state index in [4.69, 9.17) is 0 Å². The van der Waals surface area contributed by atoms with Crippen LogP contribution in [0.15, 0.2) is 30.5 Å². The summed E-state index contributed by atoms with van der Waals surface area (Å²) in [6.45, 7) is 2.80. The van der Waals surface area contributed by atoms with Crippen LogP contribution in [0, 0.1) is 5.82 Å². The van der Waals surface area contributed by atoms with Crippen LogP contribution in [-0.2, 0) is 11.2 Å². The Balaban J connectivity index is 2.07. The molecule has 1 aromatic carbocycles. The molecule has 0 saturated carbocycles. The molecular weight excluding hydrogens is 279 g/mol. The van der Waals surface area contributed by atoms with Gasteiger partial charge in [0.1, 0.15) is 11.4 Å². The van der Waals surface area contributed by atoms with Crippen molar-refractivity contribution < 1.29 is 14.3 Å². The average molecular weight is 294 g/mol. The Kier molecular flexibility index (Phi) is 4.15. The first-order valence-corrected chi connectivity index (χ1v) is 6.90. The number of rotatable bonds is 4. The summed E-state index contributed by atoms with van der Waals surface area (Å²) in [6, 6.07) is 6.54. The van der Waals surface area contributed by atoms with Gasteiger partial charge >= 0.3 is 0 Å². The van der Waals surface area contributed by atoms with E-state index in [9.17, 15) is 14.3 Å². The Morgan fingerprint density at radius 1 is 1.45 bits per heavy atom. The Labute approximate surface area is 120 Å². The third-order valence-corrected chi connectivity index (χ3v) is 3.56. The van der Waals surface area contributed by atoms with E-state index in [1.165, 1.54) is 31.3 Å². The summed E-state index contributed by atoms with van der Waals surface area (Å²) in [5.74, 6) is -0.785. The van der Waals surface area contributed by atoms with E-state index in [0.29, 0.717) is 17.1 Å². The van der Waals surface area contributed by atoms with E-state index in [0.717, 1.165) is 4.88 Å². The lowest BCUT2D eigenvalue weighted by Crippen LogP contribution is -2.36. The molecule has 4 nitrogen and oxygen atoms in total. The van der Waals surface area contributed by atoms with Gasteiger partial charge in [-0.3, -0.25) is 10.1 Å². The zero-order valence-electron chi connectivity index (χ0n) is 11.2. The minimum Gasteiger partial charge on any atom is -0.381 e. The van der Waals surface area contributed by atoms with Crippen LogP contribution in [-0.4, -0.2) is 21.6 Å². The van der Waals surface area contributed by atoms with E-state index in [-0.39, 0.29) is 5.82 Å². The third kappa shape index (κ3) is 3.61. The molecule has 0 aliphatic heterocycles. The maximum Gasteiger partial charge on any atom is 0.257 e. The highest BCUT2D eigenvalue weighted by atomic mass is 32.1. The first-order chi connectivity index (χ1) is 9.36. The van der Waals surface area contributed by atoms with Crippen LogP contribution >= 0.6 is 11.3 Å². The van der Waals surface area contributed by atoms with Gasteiger partial charge in [0.15, 0.2) is 5.13 Å². The lowest BCUT2D eigenvalue weighted by Gasteiger charge is -2.14. The number of amides is 1. The second-order valence-electron chi connectivity index (χ2n) is 4.91. The number of nitrogens with one attached hydrogen (secondary N) is 1. The van der Waals surface area contributed by atoms with Crippen LogP contribution in [0.1, 0.15) is 24.3 Å². The maximum atomic E-state index is 13.5. The number of hydrogen-bond donors (Lipinski definition) is 2. The zero-order chi connectivity index (χ0) is 14.8. The minimum atomic E-state index is -1.46. The third-order valence-electron chi connectivity index (χ3n) is 2.65. The smallest absolute Gasteiger partial charge is 0.257 e. The lowest BCUT2D eigenvalue weighted by atomic mass is 10.1. The number of halogens is 1. The second-order valence-corrected chi connectivity index (χ2v) is 6.03. The Morgan fingerprint density at radius 2 is 2.15 bits per heavy atom. The first kappa shape index (κ1) is 14.6. The largest absolute Gasteiger partial charge is 0.381 e. The summed E-state index contributed by atoms with van der Waals surface area (Å²) >= 11 is 1.26. The fraction of sp³-hybridized carbons (Fsp3) is 0.286. The van der Waals surface area contributed by atoms with Crippen molar-refractivity contribution in [3.8, 4) is 0 Å². The number of nitrogens with zero attached hydrogens (tertiary/aromatic N) is 1. The van der Waals surface area contributed by atoms with Crippen molar-refractivity contribution in [3.63, 3.8) is 0 Å².